The molecule has 0 aliphatic heterocycles. The Kier molecular flexibility index (Phi) is 5.29. The lowest BCUT2D eigenvalue weighted by atomic mass is 10.3. The molecule has 1 aromatic heterocycles. The first-order chi connectivity index (χ1) is 10.2. The monoisotopic (exact) mass is 285 g/mol. The summed E-state index contributed by atoms with van der Waals surface area (Å²) < 4.78 is 5.68. The molecule has 0 bridgehead atoms. The Morgan fingerprint density at radius 1 is 1.24 bits per heavy atom. The zero-order valence-corrected chi connectivity index (χ0v) is 12.2. The molecule has 2 rings (SSSR count). The molecule has 110 valence electrons. The number of benzene rings is 1. The smallest absolute Gasteiger partial charge is 0.270 e. The third-order valence-electron chi connectivity index (χ3n) is 3.00. The highest BCUT2D eigenvalue weighted by atomic mass is 16.5. The maximum atomic E-state index is 12.0. The van der Waals surface area contributed by atoms with Gasteiger partial charge in [0, 0.05) is 24.8 Å². The quantitative estimate of drug-likeness (QED) is 0.854. The summed E-state index contributed by atoms with van der Waals surface area (Å²) in [6.07, 6.45) is 1.56. The van der Waals surface area contributed by atoms with Gasteiger partial charge in [-0.1, -0.05) is 18.2 Å². The van der Waals surface area contributed by atoms with Gasteiger partial charge in [0.05, 0.1) is 0 Å². The molecule has 0 aliphatic carbocycles. The van der Waals surface area contributed by atoms with E-state index < -0.39 is 0 Å². The average Bonchev–Trinajstić information content (AvgIpc) is 2.53. The lowest BCUT2D eigenvalue weighted by Crippen LogP contribution is -2.37. The van der Waals surface area contributed by atoms with E-state index in [0.717, 1.165) is 5.75 Å². The molecule has 1 heterocycles. The Morgan fingerprint density at radius 3 is 2.71 bits per heavy atom. The number of nitrogens with zero attached hydrogens (tertiary/aromatic N) is 1. The van der Waals surface area contributed by atoms with E-state index in [2.05, 4.69) is 15.6 Å². The predicted molar refractivity (Wildman–Crippen MR) is 81.6 cm³/mol. The molecule has 5 heteroatoms. The van der Waals surface area contributed by atoms with Crippen molar-refractivity contribution >= 4 is 5.91 Å². The second kappa shape index (κ2) is 7.40. The number of hydrogen-bond acceptors (Lipinski definition) is 4. The van der Waals surface area contributed by atoms with Crippen molar-refractivity contribution in [3.8, 4) is 11.5 Å². The Labute approximate surface area is 124 Å². The van der Waals surface area contributed by atoms with Crippen LogP contribution in [0.15, 0.2) is 48.7 Å². The van der Waals surface area contributed by atoms with Gasteiger partial charge in [-0.25, -0.2) is 0 Å². The molecule has 0 radical (unpaired) electrons. The third kappa shape index (κ3) is 4.57. The SMILES string of the molecule is CNC(C)CNC(=O)c1cc(Oc2ccccc2)ccn1. The number of amides is 1. The van der Waals surface area contributed by atoms with Crippen molar-refractivity contribution in [1.29, 1.82) is 0 Å². The number of nitrogens with one attached hydrogen (secondary N) is 2. The van der Waals surface area contributed by atoms with E-state index in [4.69, 9.17) is 4.74 Å². The van der Waals surface area contributed by atoms with Crippen LogP contribution in [0.3, 0.4) is 0 Å². The number of rotatable bonds is 6. The van der Waals surface area contributed by atoms with E-state index >= 15 is 0 Å². The van der Waals surface area contributed by atoms with E-state index in [1.165, 1.54) is 0 Å². The minimum absolute atomic E-state index is 0.206. The third-order valence-corrected chi connectivity index (χ3v) is 3.00. The minimum atomic E-state index is -0.212. The van der Waals surface area contributed by atoms with E-state index in [-0.39, 0.29) is 11.9 Å². The number of para-hydroxylation sites is 1. The topological polar surface area (TPSA) is 63.2 Å². The maximum absolute atomic E-state index is 12.0. The summed E-state index contributed by atoms with van der Waals surface area (Å²) in [5, 5.41) is 5.88. The molecule has 1 aromatic carbocycles. The summed E-state index contributed by atoms with van der Waals surface area (Å²) in [5.74, 6) is 1.09. The molecule has 1 atom stereocenters. The summed E-state index contributed by atoms with van der Waals surface area (Å²) in [5.41, 5.74) is 0.340. The van der Waals surface area contributed by atoms with Gasteiger partial charge in [0.15, 0.2) is 0 Å². The van der Waals surface area contributed by atoms with Crippen molar-refractivity contribution in [3.63, 3.8) is 0 Å². The van der Waals surface area contributed by atoms with Crippen molar-refractivity contribution in [1.82, 2.24) is 15.6 Å². The van der Waals surface area contributed by atoms with Crippen LogP contribution in [-0.4, -0.2) is 30.5 Å². The van der Waals surface area contributed by atoms with E-state index in [9.17, 15) is 4.79 Å². The Bertz CT molecular complexity index is 587. The van der Waals surface area contributed by atoms with Gasteiger partial charge in [-0.2, -0.15) is 0 Å². The van der Waals surface area contributed by atoms with Crippen LogP contribution in [0, 0.1) is 0 Å². The van der Waals surface area contributed by atoms with Crippen LogP contribution in [0.1, 0.15) is 17.4 Å². The predicted octanol–water partition coefficient (Wildman–Crippen LogP) is 2.21. The van der Waals surface area contributed by atoms with E-state index in [1.807, 2.05) is 44.3 Å². The molecular weight excluding hydrogens is 266 g/mol. The minimum Gasteiger partial charge on any atom is -0.457 e. The molecule has 0 fully saturated rings. The molecule has 0 spiro atoms. The van der Waals surface area contributed by atoms with Gasteiger partial charge >= 0.3 is 0 Å². The second-order valence-corrected chi connectivity index (χ2v) is 4.69. The summed E-state index contributed by atoms with van der Waals surface area (Å²) in [4.78, 5) is 16.1. The molecule has 5 nitrogen and oxygen atoms in total. The van der Waals surface area contributed by atoms with Crippen LogP contribution in [0.25, 0.3) is 0 Å². The van der Waals surface area contributed by atoms with Crippen LogP contribution < -0.4 is 15.4 Å². The van der Waals surface area contributed by atoms with E-state index in [0.29, 0.717) is 18.0 Å². The zero-order chi connectivity index (χ0) is 15.1. The Hall–Kier alpha value is -2.40. The molecular formula is C16H19N3O2. The maximum Gasteiger partial charge on any atom is 0.270 e. The van der Waals surface area contributed by atoms with Gasteiger partial charge in [-0.15, -0.1) is 0 Å². The fourth-order valence-corrected chi connectivity index (χ4v) is 1.66. The van der Waals surface area contributed by atoms with Crippen LogP contribution in [0.2, 0.25) is 0 Å². The number of aromatic nitrogens is 1. The van der Waals surface area contributed by atoms with Crippen LogP contribution in [-0.2, 0) is 0 Å². The first-order valence-electron chi connectivity index (χ1n) is 6.83. The number of carbonyl (C=O) groups excluding carboxylic acids is 1. The first kappa shape index (κ1) is 15.0. The lowest BCUT2D eigenvalue weighted by Gasteiger charge is -2.11. The zero-order valence-electron chi connectivity index (χ0n) is 12.2. The van der Waals surface area contributed by atoms with Gasteiger partial charge < -0.3 is 15.4 Å². The summed E-state index contributed by atoms with van der Waals surface area (Å²) in [6.45, 7) is 2.53. The van der Waals surface area contributed by atoms with Crippen LogP contribution in [0.5, 0.6) is 11.5 Å². The highest BCUT2D eigenvalue weighted by Gasteiger charge is 2.09. The second-order valence-electron chi connectivity index (χ2n) is 4.69. The molecule has 0 aliphatic rings. The van der Waals surface area contributed by atoms with E-state index in [1.54, 1.807) is 18.3 Å². The largest absolute Gasteiger partial charge is 0.457 e. The summed E-state index contributed by atoms with van der Waals surface area (Å²) in [6, 6.07) is 13.0. The summed E-state index contributed by atoms with van der Waals surface area (Å²) >= 11 is 0. The highest BCUT2D eigenvalue weighted by Crippen LogP contribution is 2.20. The molecule has 2 aromatic rings. The van der Waals surface area contributed by atoms with Crippen LogP contribution >= 0.6 is 0 Å². The fourth-order valence-electron chi connectivity index (χ4n) is 1.66. The molecule has 1 unspecified atom stereocenters. The standard InChI is InChI=1S/C16H19N3O2/c1-12(17-2)11-19-16(20)15-10-14(8-9-18-15)21-13-6-4-3-5-7-13/h3-10,12,17H,11H2,1-2H3,(H,19,20). The van der Waals surface area contributed by atoms with Crippen molar-refractivity contribution in [2.24, 2.45) is 0 Å². The van der Waals surface area contributed by atoms with Crippen LogP contribution in [0.4, 0.5) is 0 Å². The Morgan fingerprint density at radius 2 is 2.00 bits per heavy atom. The lowest BCUT2D eigenvalue weighted by molar-refractivity contribution is 0.0945. The molecule has 1 amide bonds. The van der Waals surface area contributed by atoms with Crippen molar-refractivity contribution in [2.75, 3.05) is 13.6 Å². The molecule has 0 saturated heterocycles. The number of carbonyl (C=O) groups is 1. The first-order valence-corrected chi connectivity index (χ1v) is 6.83. The normalized spacial score (nSPS) is 11.7. The van der Waals surface area contributed by atoms with Crippen molar-refractivity contribution < 1.29 is 9.53 Å². The van der Waals surface area contributed by atoms with Gasteiger partial charge in [0.1, 0.15) is 17.2 Å². The van der Waals surface area contributed by atoms with Gasteiger partial charge in [-0.05, 0) is 32.2 Å². The van der Waals surface area contributed by atoms with Gasteiger partial charge in [0.2, 0.25) is 0 Å². The molecule has 0 saturated carbocycles. The Balaban J connectivity index is 2.02. The number of likely N-dealkylation sites (N-methyl/N-ethyl adjacent to an activating group) is 1. The molecule has 2 N–H and O–H groups in total. The number of ether oxygens (including phenoxy) is 1. The summed E-state index contributed by atoms with van der Waals surface area (Å²) in [7, 11) is 1.85. The van der Waals surface area contributed by atoms with Crippen molar-refractivity contribution in [2.45, 2.75) is 13.0 Å². The average molecular weight is 285 g/mol. The number of hydrogen-bond donors (Lipinski definition) is 2. The van der Waals surface area contributed by atoms with Crippen molar-refractivity contribution in [3.05, 3.63) is 54.4 Å². The van der Waals surface area contributed by atoms with Gasteiger partial charge in [-0.3, -0.25) is 9.78 Å². The molecule has 21 heavy (non-hydrogen) atoms. The fraction of sp³-hybridized carbons (Fsp3) is 0.250. The number of pyridine rings is 1. The van der Waals surface area contributed by atoms with Gasteiger partial charge in [0.25, 0.3) is 5.91 Å². The highest BCUT2D eigenvalue weighted by molar-refractivity contribution is 5.92.